The van der Waals surface area contributed by atoms with Gasteiger partial charge in [0, 0.05) is 38.2 Å². The van der Waals surface area contributed by atoms with Gasteiger partial charge in [0.15, 0.2) is 17.6 Å². The Morgan fingerprint density at radius 2 is 1.77 bits per heavy atom. The molecule has 0 radical (unpaired) electrons. The Morgan fingerprint density at radius 3 is 2.45 bits per heavy atom. The molecule has 1 saturated heterocycles. The van der Waals surface area contributed by atoms with Gasteiger partial charge < -0.3 is 15.0 Å². The number of rotatable bonds is 11. The summed E-state index contributed by atoms with van der Waals surface area (Å²) in [5.41, 5.74) is 0.111. The molecule has 15 nitrogen and oxygen atoms in total. The van der Waals surface area contributed by atoms with Crippen molar-refractivity contribution in [1.29, 1.82) is 0 Å². The predicted molar refractivity (Wildman–Crippen MR) is 211 cm³/mol. The molecule has 8 rings (SSSR count). The fraction of sp³-hybridized carbons (Fsp3) is 0.368. The minimum Gasteiger partial charge on any atom is -0.362 e. The molecule has 2 aromatic carbocycles. The van der Waals surface area contributed by atoms with Gasteiger partial charge in [0.25, 0.3) is 5.56 Å². The molecule has 316 valence electrons. The summed E-state index contributed by atoms with van der Waals surface area (Å²) in [6.07, 6.45) is -3.45. The molecule has 6 aromatic rings. The Morgan fingerprint density at radius 1 is 1.03 bits per heavy atom. The monoisotopic (exact) mass is 874 g/mol. The van der Waals surface area contributed by atoms with Crippen molar-refractivity contribution in [2.45, 2.75) is 63.1 Å². The van der Waals surface area contributed by atoms with Crippen LogP contribution in [0.2, 0.25) is 5.02 Å². The summed E-state index contributed by atoms with van der Waals surface area (Å²) in [5, 5.41) is 11.7. The van der Waals surface area contributed by atoms with Gasteiger partial charge in [-0.15, -0.1) is 0 Å². The number of aromatic nitrogens is 7. The van der Waals surface area contributed by atoms with Gasteiger partial charge in [0.2, 0.25) is 15.9 Å². The average Bonchev–Trinajstić information content (AvgIpc) is 3.81. The van der Waals surface area contributed by atoms with Crippen LogP contribution >= 0.6 is 11.6 Å². The van der Waals surface area contributed by atoms with Crippen molar-refractivity contribution in [3.63, 3.8) is 0 Å². The zero-order valence-corrected chi connectivity index (χ0v) is 33.6. The van der Waals surface area contributed by atoms with Gasteiger partial charge in [-0.05, 0) is 67.8 Å². The number of anilines is 2. The number of fused-ring (bicyclic) bond motifs is 2. The fourth-order valence-electron chi connectivity index (χ4n) is 7.44. The highest BCUT2D eigenvalue weighted by Crippen LogP contribution is 2.39. The SMILES string of the molecule is C[C@@H]1CN(c2ccc3c(=O)n(-c4ccc(Cl)c5c(NS(C)(=O)=O)nn(C)c45)c([C@H](Cc4cc(F)cc(F)c4)NC(=O)Cn4ccc(C5CC5)n4)nc3n2)C[C@H](C(F)(F)F)O1. The maximum absolute atomic E-state index is 14.9. The first-order chi connectivity index (χ1) is 28.3. The van der Waals surface area contributed by atoms with Crippen LogP contribution in [0.5, 0.6) is 0 Å². The summed E-state index contributed by atoms with van der Waals surface area (Å²) in [6.45, 7) is 0.635. The van der Waals surface area contributed by atoms with Gasteiger partial charge in [-0.3, -0.25) is 28.2 Å². The summed E-state index contributed by atoms with van der Waals surface area (Å²) in [7, 11) is -2.40. The molecule has 2 fully saturated rings. The van der Waals surface area contributed by atoms with E-state index < -0.39 is 64.1 Å². The number of nitrogens with one attached hydrogen (secondary N) is 2. The van der Waals surface area contributed by atoms with E-state index in [0.29, 0.717) is 12.0 Å². The van der Waals surface area contributed by atoms with Gasteiger partial charge in [-0.2, -0.15) is 23.4 Å². The molecule has 5 heterocycles. The van der Waals surface area contributed by atoms with Crippen molar-refractivity contribution in [3.05, 3.63) is 98.8 Å². The topological polar surface area (TPSA) is 171 Å². The molecule has 60 heavy (non-hydrogen) atoms. The molecule has 0 spiro atoms. The zero-order chi connectivity index (χ0) is 42.8. The van der Waals surface area contributed by atoms with E-state index in [2.05, 4.69) is 25.2 Å². The first-order valence-electron chi connectivity index (χ1n) is 18.6. The van der Waals surface area contributed by atoms with Crippen LogP contribution in [0, 0.1) is 11.6 Å². The Bertz CT molecular complexity index is 2820. The lowest BCUT2D eigenvalue weighted by molar-refractivity contribution is -0.233. The fourth-order valence-corrected chi connectivity index (χ4v) is 8.18. The first kappa shape index (κ1) is 41.1. The van der Waals surface area contributed by atoms with Crippen molar-refractivity contribution in [1.82, 2.24) is 39.4 Å². The zero-order valence-electron chi connectivity index (χ0n) is 32.0. The molecule has 0 unspecified atom stereocenters. The molecule has 3 atom stereocenters. The van der Waals surface area contributed by atoms with E-state index in [9.17, 15) is 40.0 Å². The van der Waals surface area contributed by atoms with E-state index in [0.717, 1.165) is 41.5 Å². The van der Waals surface area contributed by atoms with Crippen LogP contribution in [0.3, 0.4) is 0 Å². The Balaban J connectivity index is 1.33. The van der Waals surface area contributed by atoms with Crippen LogP contribution in [0.1, 0.15) is 48.8 Å². The molecule has 0 bridgehead atoms. The lowest BCUT2D eigenvalue weighted by atomic mass is 10.0. The number of nitrogens with zero attached hydrogens (tertiary/aromatic N) is 8. The maximum atomic E-state index is 14.9. The molecule has 1 amide bonds. The number of aryl methyl sites for hydroxylation is 1. The summed E-state index contributed by atoms with van der Waals surface area (Å²) in [6, 6.07) is 8.83. The van der Waals surface area contributed by atoms with E-state index in [1.165, 1.54) is 52.5 Å². The Hall–Kier alpha value is -5.67. The standard InChI is InChI=1S/C38H36ClF5N10O5S/c1-19-16-52(17-29(59-19)38(42,43)44)30-9-6-24-34(46-30)47-36(54(37(24)56)28-8-7-25(39)32-33(28)51(2)49-35(32)50-60(3,57)58)27(14-20-12-22(40)15-23(41)13-20)45-31(55)18-53-11-10-26(48-53)21-4-5-21/h6-13,15,19,21,27,29H,4-5,14,16-18H2,1-3H3,(H,45,55)(H,49,50)/t19-,27+,29-/m1/s1. The third-order valence-electron chi connectivity index (χ3n) is 10.1. The molecule has 2 N–H and O–H groups in total. The predicted octanol–water partition coefficient (Wildman–Crippen LogP) is 5.30. The average molecular weight is 875 g/mol. The second-order valence-electron chi connectivity index (χ2n) is 15.0. The molecule has 2 aliphatic rings. The lowest BCUT2D eigenvalue weighted by Gasteiger charge is -2.38. The number of ether oxygens (including phenoxy) is 1. The van der Waals surface area contributed by atoms with Gasteiger partial charge >= 0.3 is 6.18 Å². The first-order valence-corrected chi connectivity index (χ1v) is 20.9. The third-order valence-corrected chi connectivity index (χ3v) is 11.0. The summed E-state index contributed by atoms with van der Waals surface area (Å²) in [4.78, 5) is 39.5. The number of morpholine rings is 1. The highest BCUT2D eigenvalue weighted by Gasteiger charge is 2.45. The minimum atomic E-state index is -4.67. The van der Waals surface area contributed by atoms with E-state index in [1.807, 2.05) is 6.07 Å². The van der Waals surface area contributed by atoms with Crippen LogP contribution in [0.4, 0.5) is 33.6 Å². The Labute approximate surface area is 343 Å². The summed E-state index contributed by atoms with van der Waals surface area (Å²) in [5.74, 6) is -2.45. The number of sulfonamides is 1. The highest BCUT2D eigenvalue weighted by molar-refractivity contribution is 7.92. The Kier molecular flexibility index (Phi) is 10.6. The van der Waals surface area contributed by atoms with Crippen molar-refractivity contribution in [2.75, 3.05) is 29.0 Å². The number of amides is 1. The van der Waals surface area contributed by atoms with Crippen molar-refractivity contribution in [3.8, 4) is 5.69 Å². The van der Waals surface area contributed by atoms with Gasteiger partial charge in [-0.1, -0.05) is 11.6 Å². The smallest absolute Gasteiger partial charge is 0.362 e. The number of halogens is 6. The number of carbonyl (C=O) groups is 1. The van der Waals surface area contributed by atoms with Gasteiger partial charge in [-0.25, -0.2) is 27.2 Å². The second-order valence-corrected chi connectivity index (χ2v) is 17.1. The summed E-state index contributed by atoms with van der Waals surface area (Å²) >= 11 is 6.63. The number of alkyl halides is 3. The maximum Gasteiger partial charge on any atom is 0.416 e. The quantitative estimate of drug-likeness (QED) is 0.163. The van der Waals surface area contributed by atoms with Crippen LogP contribution in [-0.4, -0.2) is 86.2 Å². The van der Waals surface area contributed by atoms with Crippen molar-refractivity contribution < 1.29 is 39.9 Å². The molecular weight excluding hydrogens is 839 g/mol. The molecule has 22 heteroatoms. The number of hydrogen-bond acceptors (Lipinski definition) is 10. The second kappa shape index (κ2) is 15.4. The largest absolute Gasteiger partial charge is 0.416 e. The van der Waals surface area contributed by atoms with Crippen molar-refractivity contribution in [2.24, 2.45) is 7.05 Å². The van der Waals surface area contributed by atoms with Gasteiger partial charge in [0.05, 0.1) is 57.6 Å². The van der Waals surface area contributed by atoms with E-state index in [1.54, 1.807) is 6.20 Å². The molecule has 1 aliphatic carbocycles. The molecular formula is C38H36ClF5N10O5S. The number of hydrogen-bond donors (Lipinski definition) is 2. The lowest BCUT2D eigenvalue weighted by Crippen LogP contribution is -2.52. The molecule has 1 saturated carbocycles. The van der Waals surface area contributed by atoms with Crippen LogP contribution in [-0.2, 0) is 39.6 Å². The molecule has 1 aliphatic heterocycles. The van der Waals surface area contributed by atoms with Crippen LogP contribution in [0.15, 0.2) is 59.5 Å². The highest BCUT2D eigenvalue weighted by atomic mass is 35.5. The van der Waals surface area contributed by atoms with E-state index in [4.69, 9.17) is 21.3 Å². The summed E-state index contributed by atoms with van der Waals surface area (Å²) < 4.78 is 107. The van der Waals surface area contributed by atoms with E-state index in [-0.39, 0.29) is 75.2 Å². The molecule has 4 aromatic heterocycles. The normalized spacial score (nSPS) is 18.0. The third kappa shape index (κ3) is 8.50. The van der Waals surface area contributed by atoms with E-state index >= 15 is 0 Å². The van der Waals surface area contributed by atoms with Crippen LogP contribution in [0.25, 0.3) is 27.6 Å². The number of pyridine rings is 1. The van der Waals surface area contributed by atoms with Crippen LogP contribution < -0.4 is 20.5 Å². The minimum absolute atomic E-state index is 0.0296. The van der Waals surface area contributed by atoms with Crippen molar-refractivity contribution >= 4 is 61.1 Å². The number of benzene rings is 2. The van der Waals surface area contributed by atoms with Gasteiger partial charge in [0.1, 0.15) is 29.8 Å². The number of carbonyl (C=O) groups excluding carboxylic acids is 1.